The van der Waals surface area contributed by atoms with Crippen LogP contribution in [0.5, 0.6) is 0 Å². The highest BCUT2D eigenvalue weighted by atomic mass is 35.5. The van der Waals surface area contributed by atoms with Crippen LogP contribution in [0.25, 0.3) is 0 Å². The first-order valence-corrected chi connectivity index (χ1v) is 6.92. The van der Waals surface area contributed by atoms with E-state index in [0.717, 1.165) is 32.7 Å². The van der Waals surface area contributed by atoms with Crippen LogP contribution < -0.4 is 5.32 Å². The van der Waals surface area contributed by atoms with Crippen molar-refractivity contribution in [2.24, 2.45) is 0 Å². The largest absolute Gasteiger partial charge is 0.322 e. The molecule has 1 fully saturated rings. The molecule has 1 saturated heterocycles. The lowest BCUT2D eigenvalue weighted by molar-refractivity contribution is -0.117. The molecule has 0 saturated carbocycles. The Morgan fingerprint density at radius 3 is 2.68 bits per heavy atom. The van der Waals surface area contributed by atoms with Gasteiger partial charge in [0.15, 0.2) is 5.15 Å². The van der Waals surface area contributed by atoms with E-state index in [1.807, 2.05) is 0 Å². The third-order valence-electron chi connectivity index (χ3n) is 3.31. The first-order valence-electron chi connectivity index (χ1n) is 6.54. The van der Waals surface area contributed by atoms with Crippen molar-refractivity contribution in [3.8, 4) is 0 Å². The van der Waals surface area contributed by atoms with Gasteiger partial charge in [0.25, 0.3) is 0 Å². The number of hydrogen-bond acceptors (Lipinski definition) is 4. The molecule has 1 aromatic heterocycles. The second-order valence-corrected chi connectivity index (χ2v) is 4.96. The summed E-state index contributed by atoms with van der Waals surface area (Å²) in [5, 5.41) is 3.12. The Balaban J connectivity index is 1.81. The summed E-state index contributed by atoms with van der Waals surface area (Å²) in [6.07, 6.45) is 1.60. The molecule has 0 aliphatic carbocycles. The SMILES string of the molecule is CCN1CCN(CC(=O)Nc2cccnc2Cl)CC1. The normalized spacial score (nSPS) is 17.4. The number of pyridine rings is 1. The molecule has 0 bridgehead atoms. The van der Waals surface area contributed by atoms with E-state index in [0.29, 0.717) is 17.4 Å². The Morgan fingerprint density at radius 2 is 2.05 bits per heavy atom. The fourth-order valence-corrected chi connectivity index (χ4v) is 2.30. The van der Waals surface area contributed by atoms with Gasteiger partial charge in [-0.05, 0) is 18.7 Å². The molecule has 2 heterocycles. The van der Waals surface area contributed by atoms with E-state index in [1.165, 1.54) is 0 Å². The van der Waals surface area contributed by atoms with Crippen molar-refractivity contribution < 1.29 is 4.79 Å². The van der Waals surface area contributed by atoms with Gasteiger partial charge in [-0.25, -0.2) is 4.98 Å². The van der Waals surface area contributed by atoms with Crippen LogP contribution in [-0.4, -0.2) is 60.0 Å². The molecule has 1 N–H and O–H groups in total. The highest BCUT2D eigenvalue weighted by molar-refractivity contribution is 6.32. The van der Waals surface area contributed by atoms with Crippen LogP contribution in [0.4, 0.5) is 5.69 Å². The van der Waals surface area contributed by atoms with E-state index in [-0.39, 0.29) is 5.91 Å². The number of piperazine rings is 1. The summed E-state index contributed by atoms with van der Waals surface area (Å²) in [6, 6.07) is 3.50. The Bertz CT molecular complexity index is 432. The van der Waals surface area contributed by atoms with E-state index in [4.69, 9.17) is 11.6 Å². The van der Waals surface area contributed by atoms with Crippen LogP contribution in [0.2, 0.25) is 5.15 Å². The predicted molar refractivity (Wildman–Crippen MR) is 76.4 cm³/mol. The van der Waals surface area contributed by atoms with Crippen LogP contribution in [0.15, 0.2) is 18.3 Å². The maximum Gasteiger partial charge on any atom is 0.238 e. The van der Waals surface area contributed by atoms with Crippen molar-refractivity contribution in [1.82, 2.24) is 14.8 Å². The van der Waals surface area contributed by atoms with Crippen molar-refractivity contribution in [1.29, 1.82) is 0 Å². The van der Waals surface area contributed by atoms with Gasteiger partial charge in [-0.15, -0.1) is 0 Å². The molecule has 0 unspecified atom stereocenters. The van der Waals surface area contributed by atoms with Crippen LogP contribution in [-0.2, 0) is 4.79 Å². The Hall–Kier alpha value is -1.17. The number of anilines is 1. The molecular weight excluding hydrogens is 264 g/mol. The van der Waals surface area contributed by atoms with Gasteiger partial charge < -0.3 is 10.2 Å². The number of carbonyl (C=O) groups is 1. The minimum absolute atomic E-state index is 0.0418. The number of carbonyl (C=O) groups excluding carboxylic acids is 1. The molecule has 0 atom stereocenters. The van der Waals surface area contributed by atoms with E-state index in [9.17, 15) is 4.79 Å². The van der Waals surface area contributed by atoms with E-state index in [1.54, 1.807) is 18.3 Å². The van der Waals surface area contributed by atoms with Crippen LogP contribution in [0, 0.1) is 0 Å². The lowest BCUT2D eigenvalue weighted by Gasteiger charge is -2.33. The molecule has 0 spiro atoms. The molecular formula is C13H19ClN4O. The van der Waals surface area contributed by atoms with Crippen molar-refractivity contribution in [3.63, 3.8) is 0 Å². The highest BCUT2D eigenvalue weighted by Gasteiger charge is 2.18. The number of aromatic nitrogens is 1. The number of hydrogen-bond donors (Lipinski definition) is 1. The molecule has 104 valence electrons. The zero-order chi connectivity index (χ0) is 13.7. The van der Waals surface area contributed by atoms with E-state index >= 15 is 0 Å². The molecule has 1 aliphatic heterocycles. The van der Waals surface area contributed by atoms with Crippen molar-refractivity contribution >= 4 is 23.2 Å². The number of nitrogens with one attached hydrogen (secondary N) is 1. The van der Waals surface area contributed by atoms with Gasteiger partial charge in [0.1, 0.15) is 0 Å². The van der Waals surface area contributed by atoms with Gasteiger partial charge in [-0.2, -0.15) is 0 Å². The fourth-order valence-electron chi connectivity index (χ4n) is 2.14. The molecule has 6 heteroatoms. The zero-order valence-electron chi connectivity index (χ0n) is 11.1. The standard InChI is InChI=1S/C13H19ClN4O/c1-2-17-6-8-18(9-7-17)10-12(19)16-11-4-3-5-15-13(11)14/h3-5H,2,6-10H2,1H3,(H,16,19). The highest BCUT2D eigenvalue weighted by Crippen LogP contribution is 2.17. The monoisotopic (exact) mass is 282 g/mol. The van der Waals surface area contributed by atoms with Gasteiger partial charge in [0.2, 0.25) is 5.91 Å². The van der Waals surface area contributed by atoms with Gasteiger partial charge in [0, 0.05) is 32.4 Å². The van der Waals surface area contributed by atoms with Gasteiger partial charge in [0.05, 0.1) is 12.2 Å². The summed E-state index contributed by atoms with van der Waals surface area (Å²) < 4.78 is 0. The molecule has 0 aromatic carbocycles. The summed E-state index contributed by atoms with van der Waals surface area (Å²) in [7, 11) is 0. The number of halogens is 1. The average Bonchev–Trinajstić information content (AvgIpc) is 2.42. The molecule has 1 amide bonds. The minimum atomic E-state index is -0.0418. The lowest BCUT2D eigenvalue weighted by Crippen LogP contribution is -2.48. The zero-order valence-corrected chi connectivity index (χ0v) is 11.9. The molecule has 0 radical (unpaired) electrons. The topological polar surface area (TPSA) is 48.5 Å². The molecule has 2 rings (SSSR count). The molecule has 19 heavy (non-hydrogen) atoms. The fraction of sp³-hybridized carbons (Fsp3) is 0.538. The van der Waals surface area contributed by atoms with Crippen LogP contribution in [0.3, 0.4) is 0 Å². The Labute approximate surface area is 118 Å². The summed E-state index contributed by atoms with van der Waals surface area (Å²) in [5.74, 6) is -0.0418. The maximum atomic E-state index is 11.9. The number of amides is 1. The first kappa shape index (κ1) is 14.2. The second kappa shape index (κ2) is 6.84. The third-order valence-corrected chi connectivity index (χ3v) is 3.61. The van der Waals surface area contributed by atoms with Crippen molar-refractivity contribution in [2.75, 3.05) is 44.6 Å². The quantitative estimate of drug-likeness (QED) is 0.846. The molecule has 5 nitrogen and oxygen atoms in total. The lowest BCUT2D eigenvalue weighted by atomic mass is 10.3. The third kappa shape index (κ3) is 4.16. The smallest absolute Gasteiger partial charge is 0.238 e. The number of rotatable bonds is 4. The maximum absolute atomic E-state index is 11.9. The first-order chi connectivity index (χ1) is 9.19. The summed E-state index contributed by atoms with van der Waals surface area (Å²) in [4.78, 5) is 20.4. The van der Waals surface area contributed by atoms with E-state index in [2.05, 4.69) is 27.0 Å². The summed E-state index contributed by atoms with van der Waals surface area (Å²) >= 11 is 5.90. The van der Waals surface area contributed by atoms with Crippen LogP contribution >= 0.6 is 11.6 Å². The van der Waals surface area contributed by atoms with Crippen molar-refractivity contribution in [2.45, 2.75) is 6.92 Å². The van der Waals surface area contributed by atoms with Crippen LogP contribution in [0.1, 0.15) is 6.92 Å². The van der Waals surface area contributed by atoms with Gasteiger partial charge in [-0.3, -0.25) is 9.69 Å². The number of likely N-dealkylation sites (N-methyl/N-ethyl adjacent to an activating group) is 1. The minimum Gasteiger partial charge on any atom is -0.322 e. The summed E-state index contributed by atoms with van der Waals surface area (Å²) in [5.41, 5.74) is 0.571. The second-order valence-electron chi connectivity index (χ2n) is 4.60. The Kier molecular flexibility index (Phi) is 5.13. The van der Waals surface area contributed by atoms with Gasteiger partial charge >= 0.3 is 0 Å². The average molecular weight is 283 g/mol. The molecule has 1 aliphatic rings. The summed E-state index contributed by atoms with van der Waals surface area (Å²) in [6.45, 7) is 7.56. The van der Waals surface area contributed by atoms with E-state index < -0.39 is 0 Å². The predicted octanol–water partition coefficient (Wildman–Crippen LogP) is 1.31. The van der Waals surface area contributed by atoms with Crippen molar-refractivity contribution in [3.05, 3.63) is 23.5 Å². The molecule has 1 aromatic rings. The van der Waals surface area contributed by atoms with Gasteiger partial charge in [-0.1, -0.05) is 18.5 Å². The number of nitrogens with zero attached hydrogens (tertiary/aromatic N) is 3. The Morgan fingerprint density at radius 1 is 1.37 bits per heavy atom.